The molecule has 2 fully saturated rings. The second kappa shape index (κ2) is 7.73. The lowest BCUT2D eigenvalue weighted by molar-refractivity contribution is 0.0907. The fourth-order valence-electron chi connectivity index (χ4n) is 3.56. The van der Waals surface area contributed by atoms with Crippen LogP contribution in [0.2, 0.25) is 0 Å². The van der Waals surface area contributed by atoms with E-state index >= 15 is 0 Å². The highest BCUT2D eigenvalue weighted by molar-refractivity contribution is 7.07. The predicted octanol–water partition coefficient (Wildman–Crippen LogP) is 2.91. The van der Waals surface area contributed by atoms with Gasteiger partial charge >= 0.3 is 0 Å². The smallest absolute Gasteiger partial charge is 0.0329 e. The molecule has 0 aliphatic carbocycles. The van der Waals surface area contributed by atoms with Gasteiger partial charge in [-0.15, -0.1) is 0 Å². The third-order valence-corrected chi connectivity index (χ3v) is 5.86. The molecular weight excluding hydrogens is 278 g/mol. The van der Waals surface area contributed by atoms with Crippen molar-refractivity contribution in [3.8, 4) is 0 Å². The first-order chi connectivity index (χ1) is 10.3. The van der Waals surface area contributed by atoms with Gasteiger partial charge < -0.3 is 4.90 Å². The van der Waals surface area contributed by atoms with E-state index in [0.29, 0.717) is 6.04 Å². The summed E-state index contributed by atoms with van der Waals surface area (Å²) in [5.74, 6) is 0. The first-order valence-electron chi connectivity index (χ1n) is 8.54. The van der Waals surface area contributed by atoms with Crippen molar-refractivity contribution in [3.05, 3.63) is 22.4 Å². The van der Waals surface area contributed by atoms with Crippen LogP contribution in [0.4, 0.5) is 0 Å². The van der Waals surface area contributed by atoms with Gasteiger partial charge in [0.1, 0.15) is 0 Å². The topological polar surface area (TPSA) is 9.72 Å². The van der Waals surface area contributed by atoms with Crippen molar-refractivity contribution in [1.82, 2.24) is 14.7 Å². The van der Waals surface area contributed by atoms with E-state index in [2.05, 4.69) is 38.4 Å². The molecule has 1 aromatic heterocycles. The van der Waals surface area contributed by atoms with Gasteiger partial charge in [0.2, 0.25) is 0 Å². The first kappa shape index (κ1) is 15.5. The Morgan fingerprint density at radius 2 is 1.62 bits per heavy atom. The summed E-state index contributed by atoms with van der Waals surface area (Å²) < 4.78 is 0. The highest BCUT2D eigenvalue weighted by atomic mass is 32.1. The standard InChI is InChI=1S/C17H29N3S/c1-16(17-5-14-21-15-17)20-12-10-19(11-13-20)9-8-18-6-3-2-4-7-18/h5,14-16H,2-4,6-13H2,1H3. The van der Waals surface area contributed by atoms with Gasteiger partial charge in [0.05, 0.1) is 0 Å². The maximum Gasteiger partial charge on any atom is 0.0329 e. The maximum absolute atomic E-state index is 2.66. The molecule has 1 atom stereocenters. The zero-order chi connectivity index (χ0) is 14.5. The van der Waals surface area contributed by atoms with E-state index in [0.717, 1.165) is 0 Å². The molecule has 21 heavy (non-hydrogen) atoms. The number of hydrogen-bond donors (Lipinski definition) is 0. The average molecular weight is 308 g/mol. The number of piperazine rings is 1. The van der Waals surface area contributed by atoms with Gasteiger partial charge in [-0.2, -0.15) is 11.3 Å². The fourth-order valence-corrected chi connectivity index (χ4v) is 4.31. The van der Waals surface area contributed by atoms with Gasteiger partial charge in [0, 0.05) is 45.3 Å². The highest BCUT2D eigenvalue weighted by Gasteiger charge is 2.22. The van der Waals surface area contributed by atoms with E-state index in [1.807, 2.05) is 11.3 Å². The van der Waals surface area contributed by atoms with Crippen LogP contribution in [-0.2, 0) is 0 Å². The SMILES string of the molecule is CC(c1ccsc1)N1CCN(CCN2CCCCC2)CC1. The monoisotopic (exact) mass is 307 g/mol. The van der Waals surface area contributed by atoms with E-state index in [4.69, 9.17) is 0 Å². The van der Waals surface area contributed by atoms with Gasteiger partial charge in [-0.1, -0.05) is 6.42 Å². The van der Waals surface area contributed by atoms with E-state index in [9.17, 15) is 0 Å². The van der Waals surface area contributed by atoms with Crippen molar-refractivity contribution in [3.63, 3.8) is 0 Å². The van der Waals surface area contributed by atoms with Crippen molar-refractivity contribution < 1.29 is 0 Å². The van der Waals surface area contributed by atoms with Gasteiger partial charge in [-0.05, 0) is 55.2 Å². The average Bonchev–Trinajstić information content (AvgIpc) is 3.08. The summed E-state index contributed by atoms with van der Waals surface area (Å²) in [6, 6.07) is 2.86. The van der Waals surface area contributed by atoms with Crippen LogP contribution in [0.3, 0.4) is 0 Å². The number of thiophene rings is 1. The molecule has 0 aromatic carbocycles. The normalized spacial score (nSPS) is 24.2. The van der Waals surface area contributed by atoms with Crippen molar-refractivity contribution in [2.75, 3.05) is 52.4 Å². The minimum Gasteiger partial charge on any atom is -0.302 e. The molecule has 1 aromatic rings. The van der Waals surface area contributed by atoms with E-state index in [1.54, 1.807) is 0 Å². The first-order valence-corrected chi connectivity index (χ1v) is 9.48. The molecule has 3 heterocycles. The van der Waals surface area contributed by atoms with Crippen molar-refractivity contribution in [2.45, 2.75) is 32.2 Å². The van der Waals surface area contributed by atoms with Crippen LogP contribution in [0.25, 0.3) is 0 Å². The molecule has 3 rings (SSSR count). The molecule has 0 amide bonds. The Bertz CT molecular complexity index is 392. The van der Waals surface area contributed by atoms with Crippen molar-refractivity contribution in [1.29, 1.82) is 0 Å². The molecule has 4 heteroatoms. The van der Waals surface area contributed by atoms with Crippen LogP contribution in [0.5, 0.6) is 0 Å². The molecule has 1 unspecified atom stereocenters. The van der Waals surface area contributed by atoms with Crippen LogP contribution < -0.4 is 0 Å². The van der Waals surface area contributed by atoms with E-state index < -0.39 is 0 Å². The Kier molecular flexibility index (Phi) is 5.69. The molecule has 2 aliphatic heterocycles. The molecular formula is C17H29N3S. The summed E-state index contributed by atoms with van der Waals surface area (Å²) in [6.45, 7) is 12.5. The number of rotatable bonds is 5. The fraction of sp³-hybridized carbons (Fsp3) is 0.765. The van der Waals surface area contributed by atoms with Gasteiger partial charge in [0.25, 0.3) is 0 Å². The highest BCUT2D eigenvalue weighted by Crippen LogP contribution is 2.23. The van der Waals surface area contributed by atoms with Crippen LogP contribution >= 0.6 is 11.3 Å². The maximum atomic E-state index is 2.66. The molecule has 2 saturated heterocycles. The minimum atomic E-state index is 0.584. The second-order valence-electron chi connectivity index (χ2n) is 6.51. The van der Waals surface area contributed by atoms with Gasteiger partial charge in [-0.25, -0.2) is 0 Å². The van der Waals surface area contributed by atoms with E-state index in [1.165, 1.54) is 77.2 Å². The Morgan fingerprint density at radius 3 is 2.24 bits per heavy atom. The summed E-state index contributed by atoms with van der Waals surface area (Å²) in [6.07, 6.45) is 4.26. The quantitative estimate of drug-likeness (QED) is 0.828. The summed E-state index contributed by atoms with van der Waals surface area (Å²) in [4.78, 5) is 7.95. The number of likely N-dealkylation sites (tertiary alicyclic amines) is 1. The molecule has 0 spiro atoms. The molecule has 2 aliphatic rings. The van der Waals surface area contributed by atoms with Crippen LogP contribution in [-0.4, -0.2) is 67.1 Å². The Morgan fingerprint density at radius 1 is 0.952 bits per heavy atom. The summed E-state index contributed by atoms with van der Waals surface area (Å²) in [5, 5.41) is 4.49. The summed E-state index contributed by atoms with van der Waals surface area (Å²) in [7, 11) is 0. The van der Waals surface area contributed by atoms with Crippen molar-refractivity contribution in [2.24, 2.45) is 0 Å². The van der Waals surface area contributed by atoms with E-state index in [-0.39, 0.29) is 0 Å². The lowest BCUT2D eigenvalue weighted by Crippen LogP contribution is -2.49. The number of piperidine rings is 1. The second-order valence-corrected chi connectivity index (χ2v) is 7.29. The van der Waals surface area contributed by atoms with Crippen LogP contribution in [0.15, 0.2) is 16.8 Å². The summed E-state index contributed by atoms with van der Waals surface area (Å²) >= 11 is 1.81. The number of nitrogens with zero attached hydrogens (tertiary/aromatic N) is 3. The minimum absolute atomic E-state index is 0.584. The third-order valence-electron chi connectivity index (χ3n) is 5.16. The molecule has 3 nitrogen and oxygen atoms in total. The van der Waals surface area contributed by atoms with Crippen LogP contribution in [0, 0.1) is 0 Å². The lowest BCUT2D eigenvalue weighted by Gasteiger charge is -2.39. The van der Waals surface area contributed by atoms with Gasteiger partial charge in [-0.3, -0.25) is 9.80 Å². The molecule has 0 radical (unpaired) electrons. The third kappa shape index (κ3) is 4.28. The Balaban J connectivity index is 1.38. The zero-order valence-electron chi connectivity index (χ0n) is 13.3. The van der Waals surface area contributed by atoms with Crippen molar-refractivity contribution >= 4 is 11.3 Å². The van der Waals surface area contributed by atoms with Crippen LogP contribution in [0.1, 0.15) is 37.8 Å². The Hall–Kier alpha value is -0.420. The lowest BCUT2D eigenvalue weighted by atomic mass is 10.1. The largest absolute Gasteiger partial charge is 0.302 e. The summed E-state index contributed by atoms with van der Waals surface area (Å²) in [5.41, 5.74) is 1.49. The molecule has 0 N–H and O–H groups in total. The Labute approximate surface area is 133 Å². The zero-order valence-corrected chi connectivity index (χ0v) is 14.2. The number of hydrogen-bond acceptors (Lipinski definition) is 4. The predicted molar refractivity (Wildman–Crippen MR) is 91.0 cm³/mol. The molecule has 0 saturated carbocycles. The van der Waals surface area contributed by atoms with Gasteiger partial charge in [0.15, 0.2) is 0 Å². The molecule has 118 valence electrons. The molecule has 0 bridgehead atoms.